The minimum absolute atomic E-state index is 0.0124. The van der Waals surface area contributed by atoms with E-state index in [-0.39, 0.29) is 23.6 Å². The Morgan fingerprint density at radius 2 is 2.00 bits per heavy atom. The van der Waals surface area contributed by atoms with Crippen LogP contribution < -0.4 is 16.0 Å². The van der Waals surface area contributed by atoms with E-state index in [2.05, 4.69) is 28.0 Å². The van der Waals surface area contributed by atoms with Crippen molar-refractivity contribution in [2.75, 3.05) is 23.8 Å². The van der Waals surface area contributed by atoms with Gasteiger partial charge < -0.3 is 20.7 Å². The quantitative estimate of drug-likeness (QED) is 0.585. The number of hydrogen-bond acceptors (Lipinski definition) is 5. The van der Waals surface area contributed by atoms with Crippen molar-refractivity contribution in [1.29, 1.82) is 0 Å². The Bertz CT molecular complexity index is 1210. The topological polar surface area (TPSA) is 114 Å². The minimum atomic E-state index is -0.558. The van der Waals surface area contributed by atoms with Crippen LogP contribution in [-0.4, -0.2) is 40.7 Å². The molecule has 2 aromatic rings. The number of amides is 3. The number of allylic oxidation sites excluding steroid dienone is 1. The monoisotopic (exact) mass is 477 g/mol. The number of anilines is 2. The van der Waals surface area contributed by atoms with Crippen molar-refractivity contribution in [3.8, 4) is 0 Å². The average Bonchev–Trinajstić information content (AvgIpc) is 3.39. The van der Waals surface area contributed by atoms with Crippen molar-refractivity contribution < 1.29 is 19.1 Å². The standard InChI is InChI=1S/C26H31N5O4/c1-16-5-3-4-6-18(16)22(30-23(32)21-9-12-27-31(21)2)24(33)28-17-7-8-19-20(15-17)29-25(34)26(19)10-13-35-14-11-26/h7-9,12,15-16H,3-6,10-11,13-14H2,1-2H3,(H,28,33)(H,29,34)(H,30,32). The van der Waals surface area contributed by atoms with Gasteiger partial charge in [0.25, 0.3) is 11.8 Å². The molecule has 1 spiro atoms. The molecule has 5 rings (SSSR count). The summed E-state index contributed by atoms with van der Waals surface area (Å²) >= 11 is 0. The number of nitrogens with zero attached hydrogens (tertiary/aromatic N) is 2. The molecule has 2 aliphatic heterocycles. The molecule has 1 aromatic carbocycles. The van der Waals surface area contributed by atoms with Crippen LogP contribution in [0, 0.1) is 5.92 Å². The molecule has 1 aromatic heterocycles. The maximum atomic E-state index is 13.5. The molecular formula is C26H31N5O4. The highest BCUT2D eigenvalue weighted by Gasteiger charge is 2.47. The third-order valence-electron chi connectivity index (χ3n) is 7.59. The Morgan fingerprint density at radius 3 is 2.71 bits per heavy atom. The molecule has 0 radical (unpaired) electrons. The van der Waals surface area contributed by atoms with Crippen LogP contribution in [-0.2, 0) is 26.8 Å². The molecule has 1 aliphatic carbocycles. The highest BCUT2D eigenvalue weighted by molar-refractivity contribution is 6.10. The zero-order valence-corrected chi connectivity index (χ0v) is 20.1. The second-order valence-corrected chi connectivity index (χ2v) is 9.70. The summed E-state index contributed by atoms with van der Waals surface area (Å²) in [6.45, 7) is 3.20. The predicted octanol–water partition coefficient (Wildman–Crippen LogP) is 3.25. The SMILES string of the molecule is CC1CCCCC1=C(NC(=O)c1ccnn1C)C(=O)Nc1ccc2c(c1)NC(=O)C21CCOCC1. The van der Waals surface area contributed by atoms with Crippen molar-refractivity contribution >= 4 is 29.1 Å². The second kappa shape index (κ2) is 9.30. The van der Waals surface area contributed by atoms with E-state index in [0.717, 1.165) is 36.8 Å². The fourth-order valence-corrected chi connectivity index (χ4v) is 5.53. The van der Waals surface area contributed by atoms with E-state index in [1.165, 1.54) is 4.68 Å². The van der Waals surface area contributed by atoms with Gasteiger partial charge in [0.05, 0.1) is 5.41 Å². The van der Waals surface area contributed by atoms with E-state index >= 15 is 0 Å². The first-order chi connectivity index (χ1) is 16.9. The van der Waals surface area contributed by atoms with Gasteiger partial charge in [0.2, 0.25) is 5.91 Å². The molecule has 1 saturated carbocycles. The Hall–Kier alpha value is -3.46. The maximum Gasteiger partial charge on any atom is 0.274 e. The molecule has 3 amide bonds. The molecule has 3 heterocycles. The lowest BCUT2D eigenvalue weighted by Gasteiger charge is -2.31. The molecule has 1 saturated heterocycles. The maximum absolute atomic E-state index is 13.5. The van der Waals surface area contributed by atoms with Gasteiger partial charge >= 0.3 is 0 Å². The van der Waals surface area contributed by atoms with E-state index < -0.39 is 5.41 Å². The first-order valence-electron chi connectivity index (χ1n) is 12.3. The number of carbonyl (C=O) groups excluding carboxylic acids is 3. The van der Waals surface area contributed by atoms with Crippen LogP contribution in [0.5, 0.6) is 0 Å². The normalized spacial score (nSPS) is 22.3. The van der Waals surface area contributed by atoms with E-state index in [1.54, 1.807) is 25.4 Å². The first kappa shape index (κ1) is 23.3. The lowest BCUT2D eigenvalue weighted by molar-refractivity contribution is -0.124. The summed E-state index contributed by atoms with van der Waals surface area (Å²) in [4.78, 5) is 39.3. The molecule has 184 valence electrons. The van der Waals surface area contributed by atoms with Gasteiger partial charge in [0.1, 0.15) is 11.4 Å². The summed E-state index contributed by atoms with van der Waals surface area (Å²) in [6, 6.07) is 7.15. The molecule has 1 unspecified atom stereocenters. The van der Waals surface area contributed by atoms with Crippen LogP contribution in [0.25, 0.3) is 0 Å². The highest BCUT2D eigenvalue weighted by Crippen LogP contribution is 2.45. The van der Waals surface area contributed by atoms with E-state index in [4.69, 9.17) is 4.74 Å². The van der Waals surface area contributed by atoms with Gasteiger partial charge in [-0.25, -0.2) is 0 Å². The molecule has 3 N–H and O–H groups in total. The van der Waals surface area contributed by atoms with Crippen LogP contribution in [0.4, 0.5) is 11.4 Å². The Morgan fingerprint density at radius 1 is 1.20 bits per heavy atom. The van der Waals surface area contributed by atoms with Crippen molar-refractivity contribution in [2.45, 2.75) is 50.9 Å². The molecule has 9 nitrogen and oxygen atoms in total. The number of aryl methyl sites for hydroxylation is 1. The summed E-state index contributed by atoms with van der Waals surface area (Å²) in [5, 5.41) is 12.9. The third kappa shape index (κ3) is 4.25. The molecule has 2 fully saturated rings. The van der Waals surface area contributed by atoms with Crippen LogP contribution in [0.3, 0.4) is 0 Å². The predicted molar refractivity (Wildman–Crippen MR) is 131 cm³/mol. The lowest BCUT2D eigenvalue weighted by atomic mass is 9.75. The summed E-state index contributed by atoms with van der Waals surface area (Å²) < 4.78 is 6.95. The van der Waals surface area contributed by atoms with Crippen LogP contribution >= 0.6 is 0 Å². The minimum Gasteiger partial charge on any atom is -0.381 e. The smallest absolute Gasteiger partial charge is 0.274 e. The fourth-order valence-electron chi connectivity index (χ4n) is 5.53. The zero-order chi connectivity index (χ0) is 24.6. The van der Waals surface area contributed by atoms with Crippen LogP contribution in [0.2, 0.25) is 0 Å². The zero-order valence-electron chi connectivity index (χ0n) is 20.1. The molecule has 3 aliphatic rings. The Labute approximate surface area is 204 Å². The van der Waals surface area contributed by atoms with Gasteiger partial charge in [-0.15, -0.1) is 0 Å². The lowest BCUT2D eigenvalue weighted by Crippen LogP contribution is -2.39. The van der Waals surface area contributed by atoms with Gasteiger partial charge in [-0.05, 0) is 67.4 Å². The number of aromatic nitrogens is 2. The summed E-state index contributed by atoms with van der Waals surface area (Å²) in [5.41, 5.74) is 3.31. The van der Waals surface area contributed by atoms with E-state index in [0.29, 0.717) is 48.8 Å². The van der Waals surface area contributed by atoms with Crippen LogP contribution in [0.15, 0.2) is 41.7 Å². The van der Waals surface area contributed by atoms with Crippen LogP contribution in [0.1, 0.15) is 61.5 Å². The molecule has 9 heteroatoms. The van der Waals surface area contributed by atoms with Gasteiger partial charge in [-0.3, -0.25) is 19.1 Å². The number of ether oxygens (including phenoxy) is 1. The summed E-state index contributed by atoms with van der Waals surface area (Å²) in [6.07, 6.45) is 6.67. The molecule has 0 bridgehead atoms. The molecule has 1 atom stereocenters. The van der Waals surface area contributed by atoms with Gasteiger partial charge in [0.15, 0.2) is 0 Å². The Kier molecular flexibility index (Phi) is 6.19. The number of nitrogens with one attached hydrogen (secondary N) is 3. The summed E-state index contributed by atoms with van der Waals surface area (Å²) in [7, 11) is 1.69. The van der Waals surface area contributed by atoms with Crippen molar-refractivity contribution in [2.24, 2.45) is 13.0 Å². The number of benzene rings is 1. The van der Waals surface area contributed by atoms with Gasteiger partial charge in [-0.1, -0.05) is 19.4 Å². The third-order valence-corrected chi connectivity index (χ3v) is 7.59. The number of carbonyl (C=O) groups is 3. The average molecular weight is 478 g/mol. The van der Waals surface area contributed by atoms with Crippen molar-refractivity contribution in [1.82, 2.24) is 15.1 Å². The fraction of sp³-hybridized carbons (Fsp3) is 0.462. The number of hydrogen-bond donors (Lipinski definition) is 3. The molecular weight excluding hydrogens is 446 g/mol. The number of fused-ring (bicyclic) bond motifs is 2. The number of rotatable bonds is 4. The summed E-state index contributed by atoms with van der Waals surface area (Å²) in [5.74, 6) is -0.553. The largest absolute Gasteiger partial charge is 0.381 e. The highest BCUT2D eigenvalue weighted by atomic mass is 16.5. The first-order valence-corrected chi connectivity index (χ1v) is 12.3. The molecule has 35 heavy (non-hydrogen) atoms. The van der Waals surface area contributed by atoms with Gasteiger partial charge in [0, 0.05) is 37.8 Å². The van der Waals surface area contributed by atoms with E-state index in [1.807, 2.05) is 12.1 Å². The second-order valence-electron chi connectivity index (χ2n) is 9.70. The van der Waals surface area contributed by atoms with Crippen molar-refractivity contribution in [3.63, 3.8) is 0 Å². The van der Waals surface area contributed by atoms with Gasteiger partial charge in [-0.2, -0.15) is 5.10 Å². The van der Waals surface area contributed by atoms with Crippen molar-refractivity contribution in [3.05, 3.63) is 53.0 Å². The van der Waals surface area contributed by atoms with E-state index in [9.17, 15) is 14.4 Å². The Balaban J connectivity index is 1.41.